The Morgan fingerprint density at radius 1 is 1.03 bits per heavy atom. The van der Waals surface area contributed by atoms with E-state index in [2.05, 4.69) is 0 Å². The highest BCUT2D eigenvalue weighted by molar-refractivity contribution is 7.89. The van der Waals surface area contributed by atoms with Gasteiger partial charge in [-0.15, -0.1) is 0 Å². The fourth-order valence-corrected chi connectivity index (χ4v) is 5.09. The van der Waals surface area contributed by atoms with E-state index in [0.29, 0.717) is 49.4 Å². The van der Waals surface area contributed by atoms with Gasteiger partial charge >= 0.3 is 11.6 Å². The molecule has 3 aromatic rings. The molecule has 0 aliphatic carbocycles. The van der Waals surface area contributed by atoms with Crippen LogP contribution in [0.1, 0.15) is 10.4 Å². The van der Waals surface area contributed by atoms with E-state index in [9.17, 15) is 18.0 Å². The smallest absolute Gasteiger partial charge is 0.351 e. The second kappa shape index (κ2) is 9.74. The fraction of sp³-hybridized carbons (Fsp3) is 0.304. The molecule has 10 heteroatoms. The minimum absolute atomic E-state index is 0.0693. The van der Waals surface area contributed by atoms with Crippen LogP contribution in [0.4, 0.5) is 0 Å². The monoisotopic (exact) mass is 472 g/mol. The standard InChI is InChI=1S/C23H24N2O7S/c1-30-18-7-8-21-17(15-18)16-20(23(27)32-21)22(26)31-14-13-24-9-11-25(12-10-24)33(28,29)19-5-3-2-4-6-19/h2-8,15-16H,9-14H2,1H3. The highest BCUT2D eigenvalue weighted by Gasteiger charge is 2.28. The van der Waals surface area contributed by atoms with Crippen molar-refractivity contribution in [2.45, 2.75) is 4.90 Å². The molecule has 0 radical (unpaired) electrons. The number of nitrogens with zero attached hydrogens (tertiary/aromatic N) is 2. The minimum atomic E-state index is -3.52. The molecular formula is C23H24N2O7S. The summed E-state index contributed by atoms with van der Waals surface area (Å²) in [4.78, 5) is 26.9. The van der Waals surface area contributed by atoms with E-state index in [1.54, 1.807) is 48.5 Å². The number of hydrogen-bond donors (Lipinski definition) is 0. The van der Waals surface area contributed by atoms with E-state index in [4.69, 9.17) is 13.9 Å². The lowest BCUT2D eigenvalue weighted by Gasteiger charge is -2.33. The third-order valence-corrected chi connectivity index (χ3v) is 7.43. The number of esters is 1. The van der Waals surface area contributed by atoms with E-state index in [0.717, 1.165) is 0 Å². The van der Waals surface area contributed by atoms with Crippen LogP contribution in [0.2, 0.25) is 0 Å². The van der Waals surface area contributed by atoms with E-state index >= 15 is 0 Å². The molecule has 0 spiro atoms. The maximum Gasteiger partial charge on any atom is 0.351 e. The Hall–Kier alpha value is -3.21. The minimum Gasteiger partial charge on any atom is -0.497 e. The van der Waals surface area contributed by atoms with Crippen molar-refractivity contribution in [3.8, 4) is 5.75 Å². The van der Waals surface area contributed by atoms with Crippen molar-refractivity contribution in [2.75, 3.05) is 46.4 Å². The molecule has 2 aromatic carbocycles. The number of benzene rings is 2. The van der Waals surface area contributed by atoms with Crippen molar-refractivity contribution in [3.05, 3.63) is 70.6 Å². The van der Waals surface area contributed by atoms with Crippen LogP contribution in [0, 0.1) is 0 Å². The summed E-state index contributed by atoms with van der Waals surface area (Å²) in [6.07, 6.45) is 0. The first kappa shape index (κ1) is 23.0. The van der Waals surface area contributed by atoms with Crippen molar-refractivity contribution in [1.82, 2.24) is 9.21 Å². The Morgan fingerprint density at radius 3 is 2.45 bits per heavy atom. The molecule has 1 aromatic heterocycles. The van der Waals surface area contributed by atoms with Crippen LogP contribution in [0.3, 0.4) is 0 Å². The number of sulfonamides is 1. The molecule has 9 nitrogen and oxygen atoms in total. The lowest BCUT2D eigenvalue weighted by Crippen LogP contribution is -2.49. The van der Waals surface area contributed by atoms with Gasteiger partial charge in [0.2, 0.25) is 10.0 Å². The summed E-state index contributed by atoms with van der Waals surface area (Å²) < 4.78 is 42.5. The number of fused-ring (bicyclic) bond motifs is 1. The van der Waals surface area contributed by atoms with Crippen molar-refractivity contribution in [1.29, 1.82) is 0 Å². The number of rotatable bonds is 7. The van der Waals surface area contributed by atoms with Gasteiger partial charge in [-0.3, -0.25) is 4.90 Å². The van der Waals surface area contributed by atoms with Gasteiger partial charge in [0.15, 0.2) is 0 Å². The van der Waals surface area contributed by atoms with Crippen molar-refractivity contribution in [2.24, 2.45) is 0 Å². The van der Waals surface area contributed by atoms with Crippen molar-refractivity contribution < 1.29 is 27.1 Å². The average molecular weight is 473 g/mol. The lowest BCUT2D eigenvalue weighted by molar-refractivity contribution is 0.0440. The van der Waals surface area contributed by atoms with Gasteiger partial charge in [0.05, 0.1) is 12.0 Å². The summed E-state index contributed by atoms with van der Waals surface area (Å²) in [5, 5.41) is 0.552. The first-order chi connectivity index (χ1) is 15.9. The largest absolute Gasteiger partial charge is 0.497 e. The Labute approximate surface area is 191 Å². The van der Waals surface area contributed by atoms with Crippen LogP contribution >= 0.6 is 0 Å². The number of carbonyl (C=O) groups is 1. The first-order valence-corrected chi connectivity index (χ1v) is 11.9. The van der Waals surface area contributed by atoms with Gasteiger partial charge in [0.1, 0.15) is 23.5 Å². The summed E-state index contributed by atoms with van der Waals surface area (Å²) >= 11 is 0. The average Bonchev–Trinajstić information content (AvgIpc) is 2.84. The molecule has 0 saturated carbocycles. The molecule has 2 heterocycles. The molecule has 4 rings (SSSR count). The number of hydrogen-bond acceptors (Lipinski definition) is 8. The zero-order chi connectivity index (χ0) is 23.4. The van der Waals surface area contributed by atoms with Crippen molar-refractivity contribution >= 4 is 27.0 Å². The third-order valence-electron chi connectivity index (χ3n) is 5.51. The Bertz CT molecular complexity index is 1300. The zero-order valence-electron chi connectivity index (χ0n) is 18.1. The summed E-state index contributed by atoms with van der Waals surface area (Å²) in [7, 11) is -2.00. The van der Waals surface area contributed by atoms with E-state index in [-0.39, 0.29) is 17.1 Å². The van der Waals surface area contributed by atoms with Crippen LogP contribution in [0.5, 0.6) is 5.75 Å². The van der Waals surface area contributed by atoms with Crippen LogP contribution < -0.4 is 10.4 Å². The highest BCUT2D eigenvalue weighted by atomic mass is 32.2. The van der Waals surface area contributed by atoms with Gasteiger partial charge in [-0.1, -0.05) is 18.2 Å². The van der Waals surface area contributed by atoms with Crippen LogP contribution in [-0.2, 0) is 14.8 Å². The maximum atomic E-state index is 12.7. The highest BCUT2D eigenvalue weighted by Crippen LogP contribution is 2.21. The summed E-state index contributed by atoms with van der Waals surface area (Å²) in [5.41, 5.74) is -0.604. The molecule has 1 aliphatic rings. The molecule has 33 heavy (non-hydrogen) atoms. The lowest BCUT2D eigenvalue weighted by atomic mass is 10.2. The molecule has 1 fully saturated rings. The molecular weight excluding hydrogens is 448 g/mol. The molecule has 0 unspecified atom stereocenters. The van der Waals surface area contributed by atoms with Gasteiger partial charge in [0.25, 0.3) is 0 Å². The summed E-state index contributed by atoms with van der Waals surface area (Å²) in [6, 6.07) is 14.7. The Balaban J connectivity index is 1.31. The van der Waals surface area contributed by atoms with Gasteiger partial charge < -0.3 is 13.9 Å². The Morgan fingerprint density at radius 2 is 1.76 bits per heavy atom. The van der Waals surface area contributed by atoms with E-state index < -0.39 is 21.6 Å². The number of methoxy groups -OCH3 is 1. The third kappa shape index (κ3) is 5.08. The Kier molecular flexibility index (Phi) is 6.77. The zero-order valence-corrected chi connectivity index (χ0v) is 18.9. The predicted molar refractivity (Wildman–Crippen MR) is 121 cm³/mol. The van der Waals surface area contributed by atoms with Crippen LogP contribution in [-0.4, -0.2) is 70.0 Å². The quantitative estimate of drug-likeness (QED) is 0.380. The summed E-state index contributed by atoms with van der Waals surface area (Å²) in [6.45, 7) is 2.23. The normalized spacial score (nSPS) is 15.4. The molecule has 0 N–H and O–H groups in total. The molecule has 0 amide bonds. The van der Waals surface area contributed by atoms with E-state index in [1.165, 1.54) is 17.5 Å². The number of ether oxygens (including phenoxy) is 2. The van der Waals surface area contributed by atoms with Gasteiger partial charge in [-0.25, -0.2) is 18.0 Å². The maximum absolute atomic E-state index is 12.7. The number of carbonyl (C=O) groups excluding carboxylic acids is 1. The SMILES string of the molecule is COc1ccc2oc(=O)c(C(=O)OCCN3CCN(S(=O)(=O)c4ccccc4)CC3)cc2c1. The van der Waals surface area contributed by atoms with Gasteiger partial charge in [-0.05, 0) is 36.4 Å². The number of piperazine rings is 1. The van der Waals surface area contributed by atoms with E-state index in [1.807, 2.05) is 4.90 Å². The molecule has 1 aliphatic heterocycles. The second-order valence-electron chi connectivity index (χ2n) is 7.55. The van der Waals surface area contributed by atoms with Crippen LogP contribution in [0.15, 0.2) is 68.7 Å². The summed E-state index contributed by atoms with van der Waals surface area (Å²) in [5.74, 6) is -0.192. The van der Waals surface area contributed by atoms with Gasteiger partial charge in [0, 0.05) is 38.1 Å². The molecule has 174 valence electrons. The molecule has 1 saturated heterocycles. The van der Waals surface area contributed by atoms with Crippen molar-refractivity contribution in [3.63, 3.8) is 0 Å². The second-order valence-corrected chi connectivity index (χ2v) is 9.48. The fourth-order valence-electron chi connectivity index (χ4n) is 3.65. The topological polar surface area (TPSA) is 106 Å². The van der Waals surface area contributed by atoms with Crippen LogP contribution in [0.25, 0.3) is 11.0 Å². The first-order valence-electron chi connectivity index (χ1n) is 10.4. The molecule has 0 atom stereocenters. The molecule has 0 bridgehead atoms. The predicted octanol–water partition coefficient (Wildman–Crippen LogP) is 1.96. The van der Waals surface area contributed by atoms with Gasteiger partial charge in [-0.2, -0.15) is 4.31 Å².